The molecular formula is C51H41IrN3O2-2. The molecule has 0 unspecified atom stereocenters. The molecule has 0 amide bonds. The Kier molecular flexibility index (Phi) is 10.5. The third kappa shape index (κ3) is 6.79. The van der Waals surface area contributed by atoms with E-state index in [0.29, 0.717) is 11.8 Å². The van der Waals surface area contributed by atoms with Crippen LogP contribution in [0.3, 0.4) is 0 Å². The van der Waals surface area contributed by atoms with Crippen molar-refractivity contribution in [3.63, 3.8) is 0 Å². The summed E-state index contributed by atoms with van der Waals surface area (Å²) in [5.74, 6) is 2.30. The summed E-state index contributed by atoms with van der Waals surface area (Å²) in [4.78, 5) is 9.54. The largest absolute Gasteiger partial charge is 0.499 e. The van der Waals surface area contributed by atoms with Crippen molar-refractivity contribution in [2.24, 2.45) is 0 Å². The Hall–Kier alpha value is -6.07. The zero-order valence-corrected chi connectivity index (χ0v) is 34.9. The molecule has 6 heteroatoms. The average Bonchev–Trinajstić information content (AvgIpc) is 3.92. The summed E-state index contributed by atoms with van der Waals surface area (Å²) < 4.78 is 15.8. The zero-order chi connectivity index (χ0) is 38.3. The molecule has 0 saturated heterocycles. The number of aryl methyl sites for hydroxylation is 1. The molecule has 0 bridgehead atoms. The molecular weight excluding hydrogens is 879 g/mol. The predicted molar refractivity (Wildman–Crippen MR) is 229 cm³/mol. The van der Waals surface area contributed by atoms with E-state index in [9.17, 15) is 0 Å². The van der Waals surface area contributed by atoms with Crippen LogP contribution in [0.5, 0.6) is 0 Å². The number of aromatic nitrogens is 3. The number of fused-ring (bicyclic) bond motifs is 6. The van der Waals surface area contributed by atoms with Crippen LogP contribution in [0.2, 0.25) is 0 Å². The summed E-state index contributed by atoms with van der Waals surface area (Å²) >= 11 is 0. The van der Waals surface area contributed by atoms with Crippen LogP contribution in [-0.4, -0.2) is 14.5 Å². The summed E-state index contributed by atoms with van der Waals surface area (Å²) in [7, 11) is 0. The number of benzene rings is 6. The smallest absolute Gasteiger partial charge is 0.123 e. The second-order valence-electron chi connectivity index (χ2n) is 14.8. The maximum Gasteiger partial charge on any atom is 0.123 e. The summed E-state index contributed by atoms with van der Waals surface area (Å²) in [5.41, 5.74) is 13.0. The second-order valence-corrected chi connectivity index (χ2v) is 14.8. The van der Waals surface area contributed by atoms with Gasteiger partial charge in [0.1, 0.15) is 5.58 Å². The first-order valence-electron chi connectivity index (χ1n) is 19.2. The monoisotopic (exact) mass is 920 g/mol. The molecule has 0 aliphatic carbocycles. The van der Waals surface area contributed by atoms with E-state index in [1.807, 2.05) is 72.8 Å². The molecule has 6 aromatic carbocycles. The van der Waals surface area contributed by atoms with Gasteiger partial charge in [-0.15, -0.1) is 42.0 Å². The van der Waals surface area contributed by atoms with Crippen molar-refractivity contribution in [1.29, 1.82) is 0 Å². The Morgan fingerprint density at radius 3 is 2.09 bits per heavy atom. The number of hydrogen-bond acceptors (Lipinski definition) is 4. The molecule has 0 fully saturated rings. The van der Waals surface area contributed by atoms with Gasteiger partial charge in [0.25, 0.3) is 0 Å². The van der Waals surface area contributed by atoms with Gasteiger partial charge in [-0.1, -0.05) is 137 Å². The van der Waals surface area contributed by atoms with Gasteiger partial charge in [0.2, 0.25) is 0 Å². The Morgan fingerprint density at radius 2 is 1.37 bits per heavy atom. The van der Waals surface area contributed by atoms with Crippen LogP contribution >= 0.6 is 0 Å². The standard InChI is InChI=1S/C40H33N2O2.C11H8N.Ir/c1-23(2)27-17-13-18-28(24(3)4)36(27)42-33-20-11-10-19-32(33)41-40(42)31-22-30-25(5)37(26-14-7-6-8-15-26)44-38(30)35-29-16-9-12-21-34(29)43-39(31)35;1-2-6-10(7-3-1)11-8-4-5-9-12-11;/h6-21,23-24H,1-5H3;1-6,8-9H;/q2*-1;. The van der Waals surface area contributed by atoms with Crippen LogP contribution in [0.4, 0.5) is 0 Å². The minimum Gasteiger partial charge on any atom is -0.499 e. The van der Waals surface area contributed by atoms with Gasteiger partial charge in [-0.2, -0.15) is 0 Å². The molecule has 0 saturated carbocycles. The molecule has 5 nitrogen and oxygen atoms in total. The number of pyridine rings is 1. The molecule has 4 heterocycles. The number of furan rings is 2. The van der Waals surface area contributed by atoms with Crippen LogP contribution in [0, 0.1) is 19.1 Å². The third-order valence-electron chi connectivity index (χ3n) is 10.5. The van der Waals surface area contributed by atoms with E-state index in [4.69, 9.17) is 13.8 Å². The van der Waals surface area contributed by atoms with Gasteiger partial charge >= 0.3 is 0 Å². The SMILES string of the molecule is Cc1c(-c2ccccc2)oc2c1[c-]c(-c1nc3ccccc3n1-c1c(C(C)C)cccc1C(C)C)c1oc3ccccc3c12.[Ir].[c-]1ccccc1-c1ccccn1. The first-order chi connectivity index (χ1) is 27.4. The third-order valence-corrected chi connectivity index (χ3v) is 10.5. The van der Waals surface area contributed by atoms with Crippen molar-refractivity contribution in [2.45, 2.75) is 46.5 Å². The van der Waals surface area contributed by atoms with E-state index in [-0.39, 0.29) is 20.1 Å². The second kappa shape index (κ2) is 15.8. The molecule has 283 valence electrons. The van der Waals surface area contributed by atoms with Gasteiger partial charge in [0.05, 0.1) is 33.8 Å². The Labute approximate surface area is 346 Å². The van der Waals surface area contributed by atoms with Crippen molar-refractivity contribution in [2.75, 3.05) is 0 Å². The molecule has 0 spiro atoms. The van der Waals surface area contributed by atoms with Gasteiger partial charge in [-0.05, 0) is 58.5 Å². The maximum atomic E-state index is 6.71. The molecule has 57 heavy (non-hydrogen) atoms. The van der Waals surface area contributed by atoms with E-state index in [2.05, 4.69) is 123 Å². The van der Waals surface area contributed by atoms with Crippen LogP contribution < -0.4 is 0 Å². The first kappa shape index (κ1) is 37.8. The molecule has 0 aliphatic heterocycles. The van der Waals surface area contributed by atoms with E-state index in [1.54, 1.807) is 6.20 Å². The predicted octanol–water partition coefficient (Wildman–Crippen LogP) is 13.9. The fourth-order valence-corrected chi connectivity index (χ4v) is 7.76. The number of rotatable bonds is 6. The van der Waals surface area contributed by atoms with Crippen LogP contribution in [0.25, 0.3) is 83.6 Å². The molecule has 1 radical (unpaired) electrons. The van der Waals surface area contributed by atoms with Crippen molar-refractivity contribution in [1.82, 2.24) is 14.5 Å². The first-order valence-corrected chi connectivity index (χ1v) is 19.2. The molecule has 10 aromatic rings. The number of para-hydroxylation sites is 4. The van der Waals surface area contributed by atoms with Gasteiger partial charge in [-0.3, -0.25) is 4.98 Å². The molecule has 4 aromatic heterocycles. The summed E-state index contributed by atoms with van der Waals surface area (Å²) in [5, 5.41) is 2.91. The van der Waals surface area contributed by atoms with E-state index >= 15 is 0 Å². The van der Waals surface area contributed by atoms with Gasteiger partial charge in [0.15, 0.2) is 0 Å². The van der Waals surface area contributed by atoms with Crippen molar-refractivity contribution < 1.29 is 28.9 Å². The summed E-state index contributed by atoms with van der Waals surface area (Å²) in [6, 6.07) is 54.2. The summed E-state index contributed by atoms with van der Waals surface area (Å²) in [6.45, 7) is 11.2. The molecule has 10 rings (SSSR count). The molecule has 0 aliphatic rings. The van der Waals surface area contributed by atoms with Gasteiger partial charge < -0.3 is 18.4 Å². The fourth-order valence-electron chi connectivity index (χ4n) is 7.76. The van der Waals surface area contributed by atoms with Crippen molar-refractivity contribution in [3.05, 3.63) is 175 Å². The molecule has 0 atom stereocenters. The number of nitrogens with zero attached hydrogens (tertiary/aromatic N) is 3. The average molecular weight is 920 g/mol. The number of hydrogen-bond donors (Lipinski definition) is 0. The Morgan fingerprint density at radius 1 is 0.667 bits per heavy atom. The summed E-state index contributed by atoms with van der Waals surface area (Å²) in [6.07, 6.45) is 1.79. The minimum atomic E-state index is 0. The molecule has 0 N–H and O–H groups in total. The fraction of sp³-hybridized carbons (Fsp3) is 0.137. The van der Waals surface area contributed by atoms with Gasteiger partial charge in [0, 0.05) is 48.3 Å². The normalized spacial score (nSPS) is 11.4. The van der Waals surface area contributed by atoms with Gasteiger partial charge in [-0.25, -0.2) is 0 Å². The Bertz CT molecular complexity index is 2910. The van der Waals surface area contributed by atoms with Crippen LogP contribution in [-0.2, 0) is 20.1 Å². The van der Waals surface area contributed by atoms with E-state index in [1.165, 1.54) is 16.8 Å². The topological polar surface area (TPSA) is 57.0 Å². The number of imidazole rings is 1. The Balaban J connectivity index is 0.000000300. The maximum absolute atomic E-state index is 6.71. The van der Waals surface area contributed by atoms with Crippen LogP contribution in [0.1, 0.15) is 56.2 Å². The van der Waals surface area contributed by atoms with E-state index in [0.717, 1.165) is 83.5 Å². The quantitative estimate of drug-likeness (QED) is 0.156. The minimum absolute atomic E-state index is 0. The van der Waals surface area contributed by atoms with Crippen molar-refractivity contribution in [3.8, 4) is 39.7 Å². The van der Waals surface area contributed by atoms with Crippen molar-refractivity contribution >= 4 is 43.9 Å². The van der Waals surface area contributed by atoms with Crippen LogP contribution in [0.15, 0.2) is 155 Å². The van der Waals surface area contributed by atoms with E-state index < -0.39 is 0 Å². The zero-order valence-electron chi connectivity index (χ0n) is 32.5.